The van der Waals surface area contributed by atoms with Crippen molar-refractivity contribution in [3.05, 3.63) is 29.3 Å². The van der Waals surface area contributed by atoms with E-state index >= 15 is 0 Å². The Hall–Kier alpha value is -1.59. The van der Waals surface area contributed by atoms with Crippen molar-refractivity contribution in [1.29, 1.82) is 0 Å². The van der Waals surface area contributed by atoms with Crippen LogP contribution >= 0.6 is 0 Å². The van der Waals surface area contributed by atoms with Crippen LogP contribution in [0.5, 0.6) is 5.75 Å². The summed E-state index contributed by atoms with van der Waals surface area (Å²) in [6.45, 7) is 4.40. The minimum atomic E-state index is -0.425. The number of nitrogens with zero attached hydrogens (tertiary/aromatic N) is 1. The summed E-state index contributed by atoms with van der Waals surface area (Å²) in [6, 6.07) is 6.47. The zero-order chi connectivity index (χ0) is 16.4. The molecule has 1 aromatic rings. The maximum absolute atomic E-state index is 11.5. The molecule has 3 rings (SSSR count). The van der Waals surface area contributed by atoms with Crippen LogP contribution in [0, 0.1) is 18.8 Å². The molecule has 5 nitrogen and oxygen atoms in total. The van der Waals surface area contributed by atoms with Gasteiger partial charge in [-0.15, -0.1) is 0 Å². The molecule has 1 aliphatic carbocycles. The summed E-state index contributed by atoms with van der Waals surface area (Å²) in [5.41, 5.74) is 2.42. The fourth-order valence-corrected chi connectivity index (χ4v) is 3.75. The first-order chi connectivity index (χ1) is 11.1. The minimum Gasteiger partial charge on any atom is -0.496 e. The molecular weight excluding hydrogens is 292 g/mol. The normalized spacial score (nSPS) is 24.7. The van der Waals surface area contributed by atoms with Crippen molar-refractivity contribution in [1.82, 2.24) is 10.2 Å². The smallest absolute Gasteiger partial charge is 0.245 e. The highest BCUT2D eigenvalue weighted by Crippen LogP contribution is 2.41. The predicted octanol–water partition coefficient (Wildman–Crippen LogP) is 1.32. The highest BCUT2D eigenvalue weighted by molar-refractivity contribution is 5.77. The van der Waals surface area contributed by atoms with Gasteiger partial charge in [-0.25, -0.2) is 0 Å². The lowest BCUT2D eigenvalue weighted by atomic mass is 9.98. The van der Waals surface area contributed by atoms with E-state index in [1.54, 1.807) is 7.11 Å². The third kappa shape index (κ3) is 3.85. The zero-order valence-electron chi connectivity index (χ0n) is 13.9. The van der Waals surface area contributed by atoms with Crippen LogP contribution in [0.2, 0.25) is 0 Å². The van der Waals surface area contributed by atoms with E-state index in [1.165, 1.54) is 18.4 Å². The summed E-state index contributed by atoms with van der Waals surface area (Å²) in [5.74, 6) is 1.91. The number of aryl methyl sites for hydroxylation is 1. The highest BCUT2D eigenvalue weighted by Gasteiger charge is 2.42. The summed E-state index contributed by atoms with van der Waals surface area (Å²) in [4.78, 5) is 14.0. The lowest BCUT2D eigenvalue weighted by Gasteiger charge is -2.18. The molecule has 126 valence electrons. The van der Waals surface area contributed by atoms with E-state index in [4.69, 9.17) is 9.84 Å². The van der Waals surface area contributed by atoms with Crippen LogP contribution < -0.4 is 10.1 Å². The van der Waals surface area contributed by atoms with Crippen LogP contribution in [0.3, 0.4) is 0 Å². The van der Waals surface area contributed by atoms with E-state index in [1.807, 2.05) is 6.07 Å². The van der Waals surface area contributed by atoms with Crippen molar-refractivity contribution in [2.75, 3.05) is 26.8 Å². The Labute approximate surface area is 137 Å². The number of hydrogen-bond donors (Lipinski definition) is 2. The van der Waals surface area contributed by atoms with E-state index in [0.717, 1.165) is 36.9 Å². The number of methoxy groups -OCH3 is 1. The van der Waals surface area contributed by atoms with E-state index < -0.39 is 6.61 Å². The van der Waals surface area contributed by atoms with E-state index in [9.17, 15) is 4.79 Å². The van der Waals surface area contributed by atoms with Crippen LogP contribution in [0.15, 0.2) is 18.2 Å². The lowest BCUT2D eigenvalue weighted by Crippen LogP contribution is -2.42. The molecule has 0 bridgehead atoms. The highest BCUT2D eigenvalue weighted by atomic mass is 16.5. The molecule has 5 heteroatoms. The predicted molar refractivity (Wildman–Crippen MR) is 88.2 cm³/mol. The van der Waals surface area contributed by atoms with Crippen LogP contribution in [0.4, 0.5) is 0 Å². The molecule has 1 saturated heterocycles. The third-order valence-corrected chi connectivity index (χ3v) is 5.02. The van der Waals surface area contributed by atoms with Gasteiger partial charge in [0.05, 0.1) is 7.11 Å². The van der Waals surface area contributed by atoms with Gasteiger partial charge in [0, 0.05) is 25.7 Å². The monoisotopic (exact) mass is 318 g/mol. The number of benzene rings is 1. The van der Waals surface area contributed by atoms with Gasteiger partial charge in [0.15, 0.2) is 0 Å². The molecular formula is C18H26N2O3. The minimum absolute atomic E-state index is 0.168. The number of rotatable bonds is 6. The van der Waals surface area contributed by atoms with Crippen LogP contribution in [0.1, 0.15) is 24.0 Å². The zero-order valence-corrected chi connectivity index (χ0v) is 13.9. The molecule has 1 heterocycles. The first-order valence-corrected chi connectivity index (χ1v) is 8.36. The van der Waals surface area contributed by atoms with Crippen molar-refractivity contribution < 1.29 is 14.6 Å². The molecule has 23 heavy (non-hydrogen) atoms. The van der Waals surface area contributed by atoms with Gasteiger partial charge in [-0.05, 0) is 48.8 Å². The molecule has 2 atom stereocenters. The number of aliphatic hydroxyl groups is 1. The van der Waals surface area contributed by atoms with Crippen LogP contribution in [-0.2, 0) is 11.3 Å². The van der Waals surface area contributed by atoms with Gasteiger partial charge in [-0.3, -0.25) is 9.69 Å². The van der Waals surface area contributed by atoms with E-state index in [2.05, 4.69) is 29.3 Å². The van der Waals surface area contributed by atoms with E-state index in [0.29, 0.717) is 5.92 Å². The van der Waals surface area contributed by atoms with Crippen molar-refractivity contribution >= 4 is 5.91 Å². The van der Waals surface area contributed by atoms with Crippen molar-refractivity contribution in [2.45, 2.75) is 32.4 Å². The molecule has 2 fully saturated rings. The standard InChI is InChI=1S/C18H26N2O3/c1-12-7-13(3-6-17(12)23-2)8-20-9-15(14-4-5-14)16(10-20)19-18(22)11-21/h3,6-7,14-16,21H,4-5,8-11H2,1-2H3,(H,19,22). The number of ether oxygens (including phenoxy) is 1. The number of amides is 1. The molecule has 1 aromatic carbocycles. The summed E-state index contributed by atoms with van der Waals surface area (Å²) in [7, 11) is 1.69. The fourth-order valence-electron chi connectivity index (χ4n) is 3.75. The summed E-state index contributed by atoms with van der Waals surface area (Å²) in [6.07, 6.45) is 2.54. The lowest BCUT2D eigenvalue weighted by molar-refractivity contribution is -0.124. The first-order valence-electron chi connectivity index (χ1n) is 8.36. The maximum atomic E-state index is 11.5. The van der Waals surface area contributed by atoms with Gasteiger partial charge in [-0.1, -0.05) is 12.1 Å². The topological polar surface area (TPSA) is 61.8 Å². The number of carbonyl (C=O) groups excluding carboxylic acids is 1. The Morgan fingerprint density at radius 3 is 2.78 bits per heavy atom. The van der Waals surface area contributed by atoms with Crippen LogP contribution in [0.25, 0.3) is 0 Å². The van der Waals surface area contributed by atoms with Gasteiger partial charge in [-0.2, -0.15) is 0 Å². The van der Waals surface area contributed by atoms with E-state index in [-0.39, 0.29) is 11.9 Å². The molecule has 2 N–H and O–H groups in total. The number of carbonyl (C=O) groups is 1. The Bertz CT molecular complexity index is 571. The van der Waals surface area contributed by atoms with Crippen molar-refractivity contribution in [3.63, 3.8) is 0 Å². The molecule has 2 unspecified atom stereocenters. The van der Waals surface area contributed by atoms with Crippen molar-refractivity contribution in [2.24, 2.45) is 11.8 Å². The van der Waals surface area contributed by atoms with Gasteiger partial charge < -0.3 is 15.2 Å². The van der Waals surface area contributed by atoms with Gasteiger partial charge in [0.2, 0.25) is 5.91 Å². The summed E-state index contributed by atoms with van der Waals surface area (Å²) in [5, 5.41) is 12.0. The second kappa shape index (κ2) is 6.89. The summed E-state index contributed by atoms with van der Waals surface area (Å²) >= 11 is 0. The third-order valence-electron chi connectivity index (χ3n) is 5.02. The quantitative estimate of drug-likeness (QED) is 0.830. The largest absolute Gasteiger partial charge is 0.496 e. The van der Waals surface area contributed by atoms with Crippen LogP contribution in [-0.4, -0.2) is 48.8 Å². The SMILES string of the molecule is COc1ccc(CN2CC(NC(=O)CO)C(C3CC3)C2)cc1C. The molecule has 0 spiro atoms. The molecule has 0 radical (unpaired) electrons. The Morgan fingerprint density at radius 1 is 1.39 bits per heavy atom. The number of aliphatic hydroxyl groups excluding tert-OH is 1. The Morgan fingerprint density at radius 2 is 2.17 bits per heavy atom. The fraction of sp³-hybridized carbons (Fsp3) is 0.611. The Kier molecular flexibility index (Phi) is 4.87. The molecule has 1 amide bonds. The average Bonchev–Trinajstić information content (AvgIpc) is 3.30. The van der Waals surface area contributed by atoms with Gasteiger partial charge in [0.25, 0.3) is 0 Å². The number of nitrogens with one attached hydrogen (secondary N) is 1. The number of likely N-dealkylation sites (tertiary alicyclic amines) is 1. The number of hydrogen-bond acceptors (Lipinski definition) is 4. The Balaban J connectivity index is 1.64. The molecule has 0 aromatic heterocycles. The first kappa shape index (κ1) is 16.3. The molecule has 1 saturated carbocycles. The second-order valence-electron chi connectivity index (χ2n) is 6.83. The summed E-state index contributed by atoms with van der Waals surface area (Å²) < 4.78 is 5.32. The molecule has 1 aliphatic heterocycles. The second-order valence-corrected chi connectivity index (χ2v) is 6.83. The maximum Gasteiger partial charge on any atom is 0.245 e. The van der Waals surface area contributed by atoms with Gasteiger partial charge >= 0.3 is 0 Å². The van der Waals surface area contributed by atoms with Gasteiger partial charge in [0.1, 0.15) is 12.4 Å². The molecule has 2 aliphatic rings. The average molecular weight is 318 g/mol. The van der Waals surface area contributed by atoms with Crippen molar-refractivity contribution in [3.8, 4) is 5.75 Å².